The van der Waals surface area contributed by atoms with Gasteiger partial charge in [-0.15, -0.1) is 0 Å². The first-order chi connectivity index (χ1) is 8.11. The van der Waals surface area contributed by atoms with Gasteiger partial charge in [0, 0.05) is 26.3 Å². The number of rotatable bonds is 3. The van der Waals surface area contributed by atoms with Crippen molar-refractivity contribution in [3.05, 3.63) is 17.5 Å². The molecule has 1 aromatic heterocycles. The minimum absolute atomic E-state index is 0.0131. The van der Waals surface area contributed by atoms with Crippen LogP contribution < -0.4 is 0 Å². The molecule has 1 unspecified atom stereocenters. The molecule has 2 rings (SSSR count). The lowest BCUT2D eigenvalue weighted by Crippen LogP contribution is -2.30. The van der Waals surface area contributed by atoms with Crippen molar-refractivity contribution in [1.82, 2.24) is 10.1 Å². The molecular formula is C10H12N2O5. The Balaban J connectivity index is 2.07. The molecule has 0 saturated carbocycles. The number of amides is 1. The fourth-order valence-corrected chi connectivity index (χ4v) is 1.74. The molecule has 1 atom stereocenters. The van der Waals surface area contributed by atoms with Gasteiger partial charge in [-0.2, -0.15) is 0 Å². The third-order valence-corrected chi connectivity index (χ3v) is 2.71. The maximum atomic E-state index is 11.9. The van der Waals surface area contributed by atoms with Crippen molar-refractivity contribution in [2.24, 2.45) is 0 Å². The molecule has 1 saturated heterocycles. The molecule has 0 aromatic carbocycles. The molecule has 7 nitrogen and oxygen atoms in total. The van der Waals surface area contributed by atoms with Crippen LogP contribution in [0.2, 0.25) is 0 Å². The Bertz CT molecular complexity index is 442. The number of carboxylic acid groups (broad SMARTS) is 1. The van der Waals surface area contributed by atoms with Crippen LogP contribution >= 0.6 is 0 Å². The van der Waals surface area contributed by atoms with E-state index in [2.05, 4.69) is 9.68 Å². The number of likely N-dealkylation sites (tertiary alicyclic amines) is 1. The number of aromatic nitrogens is 1. The summed E-state index contributed by atoms with van der Waals surface area (Å²) in [5.74, 6) is -1.91. The zero-order chi connectivity index (χ0) is 12.4. The van der Waals surface area contributed by atoms with Gasteiger partial charge in [-0.1, -0.05) is 5.16 Å². The van der Waals surface area contributed by atoms with Gasteiger partial charge in [-0.25, -0.2) is 4.79 Å². The van der Waals surface area contributed by atoms with Crippen molar-refractivity contribution in [1.29, 1.82) is 0 Å². The van der Waals surface area contributed by atoms with Gasteiger partial charge in [0.05, 0.1) is 6.10 Å². The third-order valence-electron chi connectivity index (χ3n) is 2.71. The highest BCUT2D eigenvalue weighted by Gasteiger charge is 2.29. The topological polar surface area (TPSA) is 92.9 Å². The van der Waals surface area contributed by atoms with E-state index in [4.69, 9.17) is 9.84 Å². The largest absolute Gasteiger partial charge is 0.475 e. The standard InChI is InChI=1S/C10H12N2O5/c1-16-6-2-3-12(5-6)9(13)7-4-8(10(14)15)17-11-7/h4,6H,2-3,5H2,1H3,(H,14,15). The smallest absolute Gasteiger partial charge is 0.374 e. The molecule has 1 aromatic rings. The predicted molar refractivity (Wildman–Crippen MR) is 54.8 cm³/mol. The molecule has 0 spiro atoms. The van der Waals surface area contributed by atoms with Crippen LogP contribution in [0.25, 0.3) is 0 Å². The number of carbonyl (C=O) groups is 2. The summed E-state index contributed by atoms with van der Waals surface area (Å²) in [6.07, 6.45) is 0.802. The fourth-order valence-electron chi connectivity index (χ4n) is 1.74. The molecule has 1 aliphatic heterocycles. The van der Waals surface area contributed by atoms with Crippen LogP contribution in [0.3, 0.4) is 0 Å². The summed E-state index contributed by atoms with van der Waals surface area (Å²) in [6.45, 7) is 1.07. The van der Waals surface area contributed by atoms with Crippen LogP contribution in [-0.4, -0.2) is 53.3 Å². The van der Waals surface area contributed by atoms with E-state index in [0.29, 0.717) is 13.1 Å². The summed E-state index contributed by atoms with van der Waals surface area (Å²) in [5, 5.41) is 12.1. The lowest BCUT2D eigenvalue weighted by atomic mass is 10.3. The Hall–Kier alpha value is -1.89. The summed E-state index contributed by atoms with van der Waals surface area (Å²) in [4.78, 5) is 24.0. The minimum atomic E-state index is -1.24. The van der Waals surface area contributed by atoms with Gasteiger partial charge in [0.2, 0.25) is 5.76 Å². The van der Waals surface area contributed by atoms with Gasteiger partial charge >= 0.3 is 5.97 Å². The van der Waals surface area contributed by atoms with Crippen LogP contribution in [-0.2, 0) is 4.74 Å². The fraction of sp³-hybridized carbons (Fsp3) is 0.500. The highest BCUT2D eigenvalue weighted by molar-refractivity contribution is 5.95. The molecule has 1 fully saturated rings. The predicted octanol–water partition coefficient (Wildman–Crippen LogP) is 0.234. The summed E-state index contributed by atoms with van der Waals surface area (Å²) >= 11 is 0. The first kappa shape index (κ1) is 11.6. The minimum Gasteiger partial charge on any atom is -0.475 e. The highest BCUT2D eigenvalue weighted by atomic mass is 16.5. The number of carboxylic acids is 1. The van der Waals surface area contributed by atoms with Crippen molar-refractivity contribution >= 4 is 11.9 Å². The van der Waals surface area contributed by atoms with E-state index in [0.717, 1.165) is 12.5 Å². The monoisotopic (exact) mass is 240 g/mol. The highest BCUT2D eigenvalue weighted by Crippen LogP contribution is 2.15. The maximum absolute atomic E-state index is 11.9. The quantitative estimate of drug-likeness (QED) is 0.813. The molecule has 7 heteroatoms. The molecule has 0 aliphatic carbocycles. The van der Waals surface area contributed by atoms with Crippen molar-refractivity contribution in [3.63, 3.8) is 0 Å². The van der Waals surface area contributed by atoms with E-state index in [1.54, 1.807) is 12.0 Å². The van der Waals surface area contributed by atoms with E-state index in [9.17, 15) is 9.59 Å². The van der Waals surface area contributed by atoms with Gasteiger partial charge in [0.25, 0.3) is 5.91 Å². The van der Waals surface area contributed by atoms with E-state index in [1.807, 2.05) is 0 Å². The number of methoxy groups -OCH3 is 1. The summed E-state index contributed by atoms with van der Waals surface area (Å²) in [6, 6.07) is 1.13. The van der Waals surface area contributed by atoms with Crippen molar-refractivity contribution in [3.8, 4) is 0 Å². The first-order valence-electron chi connectivity index (χ1n) is 5.14. The Morgan fingerprint density at radius 1 is 1.65 bits per heavy atom. The van der Waals surface area contributed by atoms with E-state index < -0.39 is 5.97 Å². The Morgan fingerprint density at radius 2 is 2.41 bits per heavy atom. The number of hydrogen-bond acceptors (Lipinski definition) is 5. The Morgan fingerprint density at radius 3 is 2.94 bits per heavy atom. The maximum Gasteiger partial charge on any atom is 0.374 e. The second-order valence-electron chi connectivity index (χ2n) is 3.78. The molecule has 0 bridgehead atoms. The normalized spacial score (nSPS) is 19.6. The van der Waals surface area contributed by atoms with Crippen molar-refractivity contribution < 1.29 is 24.0 Å². The van der Waals surface area contributed by atoms with Crippen LogP contribution in [0.4, 0.5) is 0 Å². The average Bonchev–Trinajstić information content (AvgIpc) is 2.97. The number of aromatic carboxylic acids is 1. The average molecular weight is 240 g/mol. The molecule has 1 amide bonds. The van der Waals surface area contributed by atoms with Gasteiger partial charge in [0.1, 0.15) is 0 Å². The lowest BCUT2D eigenvalue weighted by molar-refractivity contribution is 0.0648. The molecule has 17 heavy (non-hydrogen) atoms. The molecule has 92 valence electrons. The number of ether oxygens (including phenoxy) is 1. The zero-order valence-electron chi connectivity index (χ0n) is 9.25. The number of hydrogen-bond donors (Lipinski definition) is 1. The Kier molecular flexibility index (Phi) is 3.10. The molecule has 1 aliphatic rings. The SMILES string of the molecule is COC1CCN(C(=O)c2cc(C(=O)O)on2)C1. The molecule has 1 N–H and O–H groups in total. The van der Waals surface area contributed by atoms with Crippen molar-refractivity contribution in [2.75, 3.05) is 20.2 Å². The molecule has 0 radical (unpaired) electrons. The Labute approximate surface area is 96.9 Å². The zero-order valence-corrected chi connectivity index (χ0v) is 9.25. The van der Waals surface area contributed by atoms with Crippen molar-refractivity contribution in [2.45, 2.75) is 12.5 Å². The summed E-state index contributed by atoms with van der Waals surface area (Å²) in [7, 11) is 1.59. The van der Waals surface area contributed by atoms with E-state index in [-0.39, 0.29) is 23.5 Å². The van der Waals surface area contributed by atoms with Gasteiger partial charge < -0.3 is 19.3 Å². The van der Waals surface area contributed by atoms with E-state index in [1.165, 1.54) is 0 Å². The van der Waals surface area contributed by atoms with Gasteiger partial charge in [-0.05, 0) is 6.42 Å². The third kappa shape index (κ3) is 2.28. The number of carbonyl (C=O) groups excluding carboxylic acids is 1. The van der Waals surface area contributed by atoms with Crippen LogP contribution in [0.5, 0.6) is 0 Å². The molecular weight excluding hydrogens is 228 g/mol. The van der Waals surface area contributed by atoms with Crippen LogP contribution in [0.1, 0.15) is 27.5 Å². The number of nitrogens with zero attached hydrogens (tertiary/aromatic N) is 2. The summed E-state index contributed by atoms with van der Waals surface area (Å²) < 4.78 is 9.67. The molecule has 2 heterocycles. The van der Waals surface area contributed by atoms with Gasteiger partial charge in [0.15, 0.2) is 5.69 Å². The van der Waals surface area contributed by atoms with Crippen LogP contribution in [0.15, 0.2) is 10.6 Å². The second kappa shape index (κ2) is 4.54. The van der Waals surface area contributed by atoms with Gasteiger partial charge in [-0.3, -0.25) is 4.79 Å². The second-order valence-corrected chi connectivity index (χ2v) is 3.78. The lowest BCUT2D eigenvalue weighted by Gasteiger charge is -2.13. The first-order valence-corrected chi connectivity index (χ1v) is 5.14. The van der Waals surface area contributed by atoms with Crippen LogP contribution in [0, 0.1) is 0 Å². The summed E-state index contributed by atoms with van der Waals surface area (Å²) in [5.41, 5.74) is 0.0131. The van der Waals surface area contributed by atoms with E-state index >= 15 is 0 Å².